The predicted octanol–water partition coefficient (Wildman–Crippen LogP) is 3.69. The Morgan fingerprint density at radius 3 is 2.64 bits per heavy atom. The zero-order valence-electron chi connectivity index (χ0n) is 14.3. The summed E-state index contributed by atoms with van der Waals surface area (Å²) >= 11 is 6.07. The maximum atomic E-state index is 11.9. The van der Waals surface area contributed by atoms with E-state index in [1.807, 2.05) is 0 Å². The molecule has 28 heavy (non-hydrogen) atoms. The number of nitrogens with one attached hydrogen (secondary N) is 1. The van der Waals surface area contributed by atoms with Crippen molar-refractivity contribution in [1.82, 2.24) is 5.43 Å². The van der Waals surface area contributed by atoms with E-state index < -0.39 is 16.9 Å². The number of amides is 1. The molecule has 1 aromatic heterocycles. The minimum absolute atomic E-state index is 0.123. The maximum Gasteiger partial charge on any atom is 0.273 e. The van der Waals surface area contributed by atoms with Crippen LogP contribution < -0.4 is 5.43 Å². The molecule has 2 aromatic carbocycles. The number of nitrogens with zero attached hydrogens (tertiary/aromatic N) is 2. The van der Waals surface area contributed by atoms with Crippen molar-refractivity contribution in [3.8, 4) is 11.3 Å². The molecular formula is C19H14ClN3O5. The van der Waals surface area contributed by atoms with Gasteiger partial charge in [-0.3, -0.25) is 14.9 Å². The third-order valence-corrected chi connectivity index (χ3v) is 4.10. The van der Waals surface area contributed by atoms with Gasteiger partial charge in [0.05, 0.1) is 16.2 Å². The summed E-state index contributed by atoms with van der Waals surface area (Å²) in [5.74, 6) is 0.0172. The Morgan fingerprint density at radius 1 is 1.21 bits per heavy atom. The van der Waals surface area contributed by atoms with Crippen LogP contribution in [0.5, 0.6) is 0 Å². The van der Waals surface area contributed by atoms with E-state index in [-0.39, 0.29) is 10.7 Å². The van der Waals surface area contributed by atoms with Crippen LogP contribution in [-0.2, 0) is 4.79 Å². The summed E-state index contributed by atoms with van der Waals surface area (Å²) in [6.45, 7) is 0. The van der Waals surface area contributed by atoms with E-state index >= 15 is 0 Å². The Labute approximate surface area is 164 Å². The number of carbonyl (C=O) groups is 1. The SMILES string of the molecule is O=C(N/N=C\c1ccc(-c2ccc([N+](=O)[O-])cc2Cl)o1)[C@H](O)c1ccccc1. The summed E-state index contributed by atoms with van der Waals surface area (Å²) in [7, 11) is 0. The van der Waals surface area contributed by atoms with Crippen LogP contribution in [-0.4, -0.2) is 22.2 Å². The quantitative estimate of drug-likeness (QED) is 0.372. The molecule has 0 radical (unpaired) electrons. The van der Waals surface area contributed by atoms with Crippen molar-refractivity contribution >= 4 is 29.4 Å². The standard InChI is InChI=1S/C19H14ClN3O5/c20-16-10-13(23(26)27)6-8-15(16)17-9-7-14(28-17)11-21-22-19(25)18(24)12-4-2-1-3-5-12/h1-11,18,24H,(H,22,25)/b21-11-/t18-/m1/s1. The number of nitro groups is 1. The topological polar surface area (TPSA) is 118 Å². The van der Waals surface area contributed by atoms with E-state index in [2.05, 4.69) is 10.5 Å². The first kappa shape index (κ1) is 19.3. The normalized spacial score (nSPS) is 12.1. The fourth-order valence-electron chi connectivity index (χ4n) is 2.39. The molecule has 8 nitrogen and oxygen atoms in total. The largest absolute Gasteiger partial charge is 0.455 e. The lowest BCUT2D eigenvalue weighted by atomic mass is 10.1. The van der Waals surface area contributed by atoms with E-state index in [1.54, 1.807) is 42.5 Å². The summed E-state index contributed by atoms with van der Waals surface area (Å²) in [4.78, 5) is 22.1. The van der Waals surface area contributed by atoms with Gasteiger partial charge in [0.1, 0.15) is 11.5 Å². The summed E-state index contributed by atoms with van der Waals surface area (Å²) in [5, 5.41) is 24.7. The molecule has 2 N–H and O–H groups in total. The van der Waals surface area contributed by atoms with Crippen molar-refractivity contribution in [2.24, 2.45) is 5.10 Å². The average Bonchev–Trinajstić information content (AvgIpc) is 3.16. The first-order valence-electron chi connectivity index (χ1n) is 8.06. The third-order valence-electron chi connectivity index (χ3n) is 3.79. The van der Waals surface area contributed by atoms with Gasteiger partial charge in [-0.2, -0.15) is 5.10 Å². The molecule has 1 amide bonds. The monoisotopic (exact) mass is 399 g/mol. The van der Waals surface area contributed by atoms with E-state index in [0.717, 1.165) is 0 Å². The van der Waals surface area contributed by atoms with Crippen LogP contribution in [0.2, 0.25) is 5.02 Å². The number of nitro benzene ring substituents is 1. The summed E-state index contributed by atoms with van der Waals surface area (Å²) in [6, 6.07) is 15.7. The summed E-state index contributed by atoms with van der Waals surface area (Å²) in [5.41, 5.74) is 3.04. The highest BCUT2D eigenvalue weighted by Gasteiger charge is 2.16. The highest BCUT2D eigenvalue weighted by atomic mass is 35.5. The molecule has 0 unspecified atom stereocenters. The molecular weight excluding hydrogens is 386 g/mol. The number of aliphatic hydroxyl groups is 1. The number of non-ortho nitro benzene ring substituents is 1. The number of aliphatic hydroxyl groups excluding tert-OH is 1. The molecule has 0 aliphatic heterocycles. The fourth-order valence-corrected chi connectivity index (χ4v) is 2.66. The van der Waals surface area contributed by atoms with Crippen molar-refractivity contribution < 1.29 is 19.2 Å². The molecule has 0 aliphatic carbocycles. The van der Waals surface area contributed by atoms with Crippen LogP contribution in [0.4, 0.5) is 5.69 Å². The van der Waals surface area contributed by atoms with Gasteiger partial charge in [0.25, 0.3) is 11.6 Å². The molecule has 0 saturated carbocycles. The van der Waals surface area contributed by atoms with Crippen molar-refractivity contribution in [1.29, 1.82) is 0 Å². The highest BCUT2D eigenvalue weighted by molar-refractivity contribution is 6.33. The van der Waals surface area contributed by atoms with Gasteiger partial charge >= 0.3 is 0 Å². The van der Waals surface area contributed by atoms with E-state index in [1.165, 1.54) is 24.4 Å². The smallest absolute Gasteiger partial charge is 0.273 e. The second-order valence-corrected chi connectivity index (χ2v) is 6.08. The van der Waals surface area contributed by atoms with Crippen molar-refractivity contribution in [2.75, 3.05) is 0 Å². The van der Waals surface area contributed by atoms with Crippen LogP contribution in [0.3, 0.4) is 0 Å². The third kappa shape index (κ3) is 4.43. The second kappa shape index (κ2) is 8.47. The number of benzene rings is 2. The lowest BCUT2D eigenvalue weighted by Gasteiger charge is -2.08. The van der Waals surface area contributed by atoms with Crippen molar-refractivity contribution in [3.05, 3.63) is 87.1 Å². The van der Waals surface area contributed by atoms with Gasteiger partial charge < -0.3 is 9.52 Å². The molecule has 142 valence electrons. The van der Waals surface area contributed by atoms with Crippen LogP contribution >= 0.6 is 11.6 Å². The lowest BCUT2D eigenvalue weighted by molar-refractivity contribution is -0.384. The number of hydrogen-bond donors (Lipinski definition) is 2. The number of halogens is 1. The first-order valence-corrected chi connectivity index (χ1v) is 8.43. The fraction of sp³-hybridized carbons (Fsp3) is 0.0526. The minimum atomic E-state index is -1.34. The number of rotatable bonds is 6. The predicted molar refractivity (Wildman–Crippen MR) is 103 cm³/mol. The zero-order valence-corrected chi connectivity index (χ0v) is 15.0. The Hall–Kier alpha value is -3.49. The summed E-state index contributed by atoms with van der Waals surface area (Å²) in [6.07, 6.45) is -0.0808. The van der Waals surface area contributed by atoms with Gasteiger partial charge in [-0.1, -0.05) is 41.9 Å². The van der Waals surface area contributed by atoms with Crippen LogP contribution in [0.25, 0.3) is 11.3 Å². The molecule has 0 aliphatic rings. The van der Waals surface area contributed by atoms with Crippen LogP contribution in [0.15, 0.2) is 70.2 Å². The Kier molecular flexibility index (Phi) is 5.83. The van der Waals surface area contributed by atoms with Gasteiger partial charge in [0, 0.05) is 17.7 Å². The van der Waals surface area contributed by atoms with Gasteiger partial charge in [-0.05, 0) is 23.8 Å². The molecule has 1 atom stereocenters. The Bertz CT molecular complexity index is 1030. The average molecular weight is 400 g/mol. The van der Waals surface area contributed by atoms with Crippen LogP contribution in [0, 0.1) is 10.1 Å². The lowest BCUT2D eigenvalue weighted by Crippen LogP contribution is -2.25. The van der Waals surface area contributed by atoms with E-state index in [9.17, 15) is 20.0 Å². The van der Waals surface area contributed by atoms with E-state index in [4.69, 9.17) is 16.0 Å². The maximum absolute atomic E-state index is 11.9. The number of furan rings is 1. The molecule has 3 rings (SSSR count). The molecule has 1 heterocycles. The second-order valence-electron chi connectivity index (χ2n) is 5.67. The van der Waals surface area contributed by atoms with Crippen molar-refractivity contribution in [2.45, 2.75) is 6.10 Å². The number of carbonyl (C=O) groups excluding carboxylic acids is 1. The Balaban J connectivity index is 1.66. The molecule has 0 saturated heterocycles. The van der Waals surface area contributed by atoms with Gasteiger partial charge in [0.2, 0.25) is 0 Å². The van der Waals surface area contributed by atoms with Gasteiger partial charge in [0.15, 0.2) is 6.10 Å². The molecule has 3 aromatic rings. The number of hydrogen-bond acceptors (Lipinski definition) is 6. The molecule has 0 spiro atoms. The zero-order chi connectivity index (χ0) is 20.1. The van der Waals surface area contributed by atoms with Gasteiger partial charge in [-0.25, -0.2) is 5.43 Å². The molecule has 9 heteroatoms. The van der Waals surface area contributed by atoms with Crippen molar-refractivity contribution in [3.63, 3.8) is 0 Å². The highest BCUT2D eigenvalue weighted by Crippen LogP contribution is 2.32. The van der Waals surface area contributed by atoms with Crippen LogP contribution in [0.1, 0.15) is 17.4 Å². The minimum Gasteiger partial charge on any atom is -0.455 e. The number of hydrazone groups is 1. The molecule has 0 bridgehead atoms. The van der Waals surface area contributed by atoms with Gasteiger partial charge in [-0.15, -0.1) is 0 Å². The summed E-state index contributed by atoms with van der Waals surface area (Å²) < 4.78 is 5.56. The molecule has 0 fully saturated rings. The van der Waals surface area contributed by atoms with E-state index in [0.29, 0.717) is 22.6 Å². The Morgan fingerprint density at radius 2 is 1.96 bits per heavy atom. The first-order chi connectivity index (χ1) is 13.5.